The van der Waals surface area contributed by atoms with Crippen molar-refractivity contribution in [1.29, 1.82) is 0 Å². The average Bonchev–Trinajstić information content (AvgIpc) is 2.09. The summed E-state index contributed by atoms with van der Waals surface area (Å²) in [6, 6.07) is -0.776. The molecule has 6 nitrogen and oxygen atoms in total. The third-order valence-electron chi connectivity index (χ3n) is 1.56. The summed E-state index contributed by atoms with van der Waals surface area (Å²) in [5.41, 5.74) is 2.13. The molecule has 0 saturated carbocycles. The molecule has 0 fully saturated rings. The Morgan fingerprint density at radius 3 is 3.00 bits per heavy atom. The van der Waals surface area contributed by atoms with Crippen molar-refractivity contribution >= 4 is 22.1 Å². The first-order chi connectivity index (χ1) is 6.05. The van der Waals surface area contributed by atoms with E-state index in [9.17, 15) is 13.2 Å². The zero-order valence-electron chi connectivity index (χ0n) is 7.07. The molecule has 1 aliphatic heterocycles. The van der Waals surface area contributed by atoms with Gasteiger partial charge in [0.1, 0.15) is 6.04 Å². The molecule has 1 rings (SSSR count). The maximum atomic E-state index is 11.1. The van der Waals surface area contributed by atoms with Crippen molar-refractivity contribution in [3.05, 3.63) is 0 Å². The Bertz CT molecular complexity index is 322. The van der Waals surface area contributed by atoms with E-state index in [1.165, 1.54) is 6.92 Å². The van der Waals surface area contributed by atoms with Crippen molar-refractivity contribution < 1.29 is 13.2 Å². The SMILES string of the molecule is CCS(=O)(=O)NC1C[C]=NNC1=O. The van der Waals surface area contributed by atoms with Crippen molar-refractivity contribution in [3.63, 3.8) is 0 Å². The lowest BCUT2D eigenvalue weighted by Crippen LogP contribution is -2.48. The predicted octanol–water partition coefficient (Wildman–Crippen LogP) is -1.32. The Kier molecular flexibility index (Phi) is 2.99. The van der Waals surface area contributed by atoms with E-state index >= 15 is 0 Å². The van der Waals surface area contributed by atoms with Crippen LogP contribution in [0.1, 0.15) is 13.3 Å². The molecule has 0 aromatic heterocycles. The van der Waals surface area contributed by atoms with Gasteiger partial charge in [0, 0.05) is 6.42 Å². The summed E-state index contributed by atoms with van der Waals surface area (Å²) in [6.45, 7) is 1.50. The molecule has 73 valence electrons. The fourth-order valence-electron chi connectivity index (χ4n) is 0.797. The molecule has 1 unspecified atom stereocenters. The molecule has 13 heavy (non-hydrogen) atoms. The summed E-state index contributed by atoms with van der Waals surface area (Å²) < 4.78 is 24.4. The van der Waals surface area contributed by atoms with Crippen LogP contribution in [0.15, 0.2) is 5.10 Å². The van der Waals surface area contributed by atoms with Crippen molar-refractivity contribution in [2.24, 2.45) is 5.10 Å². The Balaban J connectivity index is 2.64. The van der Waals surface area contributed by atoms with E-state index in [1.807, 2.05) is 0 Å². The van der Waals surface area contributed by atoms with Crippen LogP contribution in [-0.4, -0.2) is 32.3 Å². The lowest BCUT2D eigenvalue weighted by Gasteiger charge is -2.16. The number of nitrogens with one attached hydrogen (secondary N) is 2. The van der Waals surface area contributed by atoms with Gasteiger partial charge < -0.3 is 0 Å². The van der Waals surface area contributed by atoms with Crippen molar-refractivity contribution in [2.45, 2.75) is 19.4 Å². The molecule has 0 saturated heterocycles. The molecule has 0 aliphatic carbocycles. The smallest absolute Gasteiger partial charge is 0.258 e. The predicted molar refractivity (Wildman–Crippen MR) is 46.6 cm³/mol. The van der Waals surface area contributed by atoms with E-state index in [4.69, 9.17) is 0 Å². The molecule has 1 atom stereocenters. The summed E-state index contributed by atoms with van der Waals surface area (Å²) in [5.74, 6) is -0.496. The van der Waals surface area contributed by atoms with Crippen LogP contribution >= 0.6 is 0 Å². The number of hydrogen-bond acceptors (Lipinski definition) is 4. The molecule has 1 heterocycles. The van der Waals surface area contributed by atoms with Crippen molar-refractivity contribution in [3.8, 4) is 0 Å². The summed E-state index contributed by atoms with van der Waals surface area (Å²) in [6.07, 6.45) is 2.65. The monoisotopic (exact) mass is 204 g/mol. The number of hydrazone groups is 1. The van der Waals surface area contributed by atoms with Gasteiger partial charge in [-0.1, -0.05) is 0 Å². The van der Waals surface area contributed by atoms with Crippen LogP contribution in [0.3, 0.4) is 0 Å². The van der Waals surface area contributed by atoms with Crippen LogP contribution in [0.2, 0.25) is 0 Å². The maximum Gasteiger partial charge on any atom is 0.258 e. The van der Waals surface area contributed by atoms with E-state index in [2.05, 4.69) is 21.5 Å². The Morgan fingerprint density at radius 1 is 1.77 bits per heavy atom. The number of sulfonamides is 1. The highest BCUT2D eigenvalue weighted by molar-refractivity contribution is 7.89. The topological polar surface area (TPSA) is 87.6 Å². The van der Waals surface area contributed by atoms with Gasteiger partial charge in [-0.3, -0.25) is 4.79 Å². The minimum Gasteiger partial charge on any atom is -0.271 e. The third-order valence-corrected chi connectivity index (χ3v) is 2.96. The minimum absolute atomic E-state index is 0.0477. The summed E-state index contributed by atoms with van der Waals surface area (Å²) in [7, 11) is -3.34. The van der Waals surface area contributed by atoms with Gasteiger partial charge in [-0.25, -0.2) is 18.6 Å². The minimum atomic E-state index is -3.34. The standard InChI is InChI=1S/C6H10N3O3S/c1-2-13(11,12)9-5-3-4-7-8-6(5)10/h5,9H,2-3H2,1H3,(H,8,10). The second-order valence-corrected chi connectivity index (χ2v) is 4.57. The van der Waals surface area contributed by atoms with Crippen LogP contribution in [0, 0.1) is 0 Å². The zero-order valence-corrected chi connectivity index (χ0v) is 7.89. The number of rotatable bonds is 3. The fraction of sp³-hybridized carbons (Fsp3) is 0.667. The first-order valence-electron chi connectivity index (χ1n) is 3.77. The van der Waals surface area contributed by atoms with E-state index < -0.39 is 22.0 Å². The molecule has 0 aromatic carbocycles. The lowest BCUT2D eigenvalue weighted by atomic mass is 10.2. The zero-order chi connectivity index (χ0) is 9.90. The van der Waals surface area contributed by atoms with Crippen molar-refractivity contribution in [1.82, 2.24) is 10.1 Å². The lowest BCUT2D eigenvalue weighted by molar-refractivity contribution is -0.122. The molecule has 7 heteroatoms. The number of carbonyl (C=O) groups excluding carboxylic acids is 1. The molecule has 2 N–H and O–H groups in total. The van der Waals surface area contributed by atoms with Gasteiger partial charge in [0.25, 0.3) is 5.91 Å². The van der Waals surface area contributed by atoms with Gasteiger partial charge in [0.05, 0.1) is 12.0 Å². The molecule has 1 amide bonds. The highest BCUT2D eigenvalue weighted by Gasteiger charge is 2.24. The molecule has 0 spiro atoms. The Morgan fingerprint density at radius 2 is 2.46 bits per heavy atom. The van der Waals surface area contributed by atoms with Gasteiger partial charge in [-0.15, -0.1) is 0 Å². The summed E-state index contributed by atoms with van der Waals surface area (Å²) >= 11 is 0. The first-order valence-corrected chi connectivity index (χ1v) is 5.43. The first kappa shape index (κ1) is 10.1. The normalized spacial score (nSPS) is 22.8. The second-order valence-electron chi connectivity index (χ2n) is 2.52. The van der Waals surface area contributed by atoms with Crippen LogP contribution in [0.4, 0.5) is 0 Å². The molecule has 0 aromatic rings. The fourth-order valence-corrected chi connectivity index (χ4v) is 1.59. The van der Waals surface area contributed by atoms with E-state index in [0.29, 0.717) is 0 Å². The molecular weight excluding hydrogens is 194 g/mol. The average molecular weight is 204 g/mol. The number of nitrogens with zero attached hydrogens (tertiary/aromatic N) is 1. The van der Waals surface area contributed by atoms with Gasteiger partial charge in [-0.2, -0.15) is 5.10 Å². The van der Waals surface area contributed by atoms with Crippen LogP contribution < -0.4 is 10.1 Å². The molecular formula is C6H10N3O3S. The maximum absolute atomic E-state index is 11.1. The summed E-state index contributed by atoms with van der Waals surface area (Å²) in [4.78, 5) is 11.0. The molecule has 1 radical (unpaired) electrons. The Labute approximate surface area is 76.4 Å². The largest absolute Gasteiger partial charge is 0.271 e. The van der Waals surface area contributed by atoms with E-state index in [0.717, 1.165) is 0 Å². The molecule has 0 bridgehead atoms. The highest BCUT2D eigenvalue weighted by atomic mass is 32.2. The third kappa shape index (κ3) is 2.78. The van der Waals surface area contributed by atoms with Gasteiger partial charge in [-0.05, 0) is 6.92 Å². The van der Waals surface area contributed by atoms with E-state index in [-0.39, 0.29) is 12.2 Å². The van der Waals surface area contributed by atoms with E-state index in [1.54, 1.807) is 0 Å². The number of amides is 1. The van der Waals surface area contributed by atoms with Crippen molar-refractivity contribution in [2.75, 3.05) is 5.75 Å². The summed E-state index contributed by atoms with van der Waals surface area (Å²) in [5, 5.41) is 3.38. The second kappa shape index (κ2) is 3.84. The number of carbonyl (C=O) groups is 1. The van der Waals surface area contributed by atoms with Crippen LogP contribution in [0.5, 0.6) is 0 Å². The van der Waals surface area contributed by atoms with Gasteiger partial charge >= 0.3 is 0 Å². The van der Waals surface area contributed by atoms with Crippen LogP contribution in [0.25, 0.3) is 0 Å². The molecule has 1 aliphatic rings. The Hall–Kier alpha value is -0.950. The van der Waals surface area contributed by atoms with Gasteiger partial charge in [0.2, 0.25) is 10.0 Å². The highest BCUT2D eigenvalue weighted by Crippen LogP contribution is 1.97. The van der Waals surface area contributed by atoms with Gasteiger partial charge in [0.15, 0.2) is 0 Å². The quantitative estimate of drug-likeness (QED) is 0.597. The van der Waals surface area contributed by atoms with Crippen LogP contribution in [-0.2, 0) is 14.8 Å². The number of hydrogen-bond donors (Lipinski definition) is 2.